The van der Waals surface area contributed by atoms with Crippen molar-refractivity contribution < 1.29 is 26.7 Å². The molecule has 23 heavy (non-hydrogen) atoms. The van der Waals surface area contributed by atoms with E-state index in [2.05, 4.69) is 0 Å². The van der Waals surface area contributed by atoms with Gasteiger partial charge in [0.25, 0.3) is 0 Å². The minimum atomic E-state index is -4.48. The summed E-state index contributed by atoms with van der Waals surface area (Å²) in [5.41, 5.74) is 0.769. The van der Waals surface area contributed by atoms with E-state index in [0.717, 1.165) is 9.87 Å². The van der Waals surface area contributed by atoms with Crippen LogP contribution in [0.3, 0.4) is 0 Å². The summed E-state index contributed by atoms with van der Waals surface area (Å²) in [5, 5.41) is 10.3. The molecule has 0 spiro atoms. The molecule has 1 N–H and O–H groups in total. The van der Waals surface area contributed by atoms with Gasteiger partial charge in [-0.15, -0.1) is 0 Å². The number of rotatable bonds is 5. The monoisotopic (exact) mass is 351 g/mol. The summed E-state index contributed by atoms with van der Waals surface area (Å²) in [6, 6.07) is 9.07. The highest BCUT2D eigenvalue weighted by Gasteiger charge is 2.35. The molecular formula is C15H20F3NO3S. The topological polar surface area (TPSA) is 57.6 Å². The van der Waals surface area contributed by atoms with Crippen molar-refractivity contribution in [2.24, 2.45) is 5.92 Å². The lowest BCUT2D eigenvalue weighted by atomic mass is 9.88. The molecule has 1 saturated heterocycles. The van der Waals surface area contributed by atoms with Gasteiger partial charge in [0.2, 0.25) is 10.0 Å². The fourth-order valence-electron chi connectivity index (χ4n) is 2.77. The van der Waals surface area contributed by atoms with E-state index in [1.807, 2.05) is 18.2 Å². The SMILES string of the molecule is O=S(=O)(CCC(F)(F)F)N1CCC(C(O)c2ccccc2)CC1. The number of benzene rings is 1. The van der Waals surface area contributed by atoms with Crippen LogP contribution in [0.25, 0.3) is 0 Å². The van der Waals surface area contributed by atoms with Crippen LogP contribution < -0.4 is 0 Å². The average Bonchev–Trinajstić information content (AvgIpc) is 2.53. The van der Waals surface area contributed by atoms with Crippen LogP contribution in [0.15, 0.2) is 30.3 Å². The van der Waals surface area contributed by atoms with E-state index in [1.165, 1.54) is 0 Å². The molecule has 0 aliphatic carbocycles. The third-order valence-electron chi connectivity index (χ3n) is 4.12. The molecule has 1 atom stereocenters. The van der Waals surface area contributed by atoms with E-state index >= 15 is 0 Å². The lowest BCUT2D eigenvalue weighted by molar-refractivity contribution is -0.130. The number of sulfonamides is 1. The lowest BCUT2D eigenvalue weighted by Gasteiger charge is -2.33. The van der Waals surface area contributed by atoms with Crippen molar-refractivity contribution in [1.82, 2.24) is 4.31 Å². The first-order chi connectivity index (χ1) is 10.7. The van der Waals surface area contributed by atoms with Gasteiger partial charge in [-0.3, -0.25) is 0 Å². The van der Waals surface area contributed by atoms with Crippen LogP contribution in [0.4, 0.5) is 13.2 Å². The zero-order valence-corrected chi connectivity index (χ0v) is 13.4. The molecule has 1 aliphatic rings. The number of alkyl halides is 3. The second-order valence-electron chi connectivity index (χ2n) is 5.77. The number of hydrogen-bond acceptors (Lipinski definition) is 3. The molecule has 1 aliphatic heterocycles. The molecule has 1 aromatic rings. The molecule has 1 unspecified atom stereocenters. The van der Waals surface area contributed by atoms with E-state index in [4.69, 9.17) is 0 Å². The van der Waals surface area contributed by atoms with Crippen LogP contribution in [0.2, 0.25) is 0 Å². The molecule has 0 radical (unpaired) electrons. The largest absolute Gasteiger partial charge is 0.390 e. The van der Waals surface area contributed by atoms with Crippen LogP contribution in [0.1, 0.15) is 30.9 Å². The van der Waals surface area contributed by atoms with Gasteiger partial charge in [-0.2, -0.15) is 13.2 Å². The average molecular weight is 351 g/mol. The van der Waals surface area contributed by atoms with E-state index in [1.54, 1.807) is 12.1 Å². The molecule has 0 aromatic heterocycles. The standard InChI is InChI=1S/C15H20F3NO3S/c16-15(17,18)8-11-23(21,22)19-9-6-13(7-10-19)14(20)12-4-2-1-3-5-12/h1-5,13-14,20H,6-11H2. The minimum Gasteiger partial charge on any atom is -0.388 e. The van der Waals surface area contributed by atoms with Gasteiger partial charge in [0.1, 0.15) is 0 Å². The molecule has 1 aromatic carbocycles. The van der Waals surface area contributed by atoms with Crippen molar-refractivity contribution >= 4 is 10.0 Å². The molecule has 4 nitrogen and oxygen atoms in total. The molecule has 1 heterocycles. The second-order valence-corrected chi connectivity index (χ2v) is 7.86. The van der Waals surface area contributed by atoms with Crippen molar-refractivity contribution in [2.45, 2.75) is 31.5 Å². The maximum atomic E-state index is 12.2. The lowest BCUT2D eigenvalue weighted by Crippen LogP contribution is -2.41. The first-order valence-electron chi connectivity index (χ1n) is 7.46. The molecule has 0 bridgehead atoms. The van der Waals surface area contributed by atoms with Gasteiger partial charge in [-0.1, -0.05) is 30.3 Å². The van der Waals surface area contributed by atoms with Crippen LogP contribution in [-0.4, -0.2) is 42.8 Å². The predicted octanol–water partition coefficient (Wildman–Crippen LogP) is 2.71. The van der Waals surface area contributed by atoms with Crippen molar-refractivity contribution in [3.05, 3.63) is 35.9 Å². The van der Waals surface area contributed by atoms with E-state index in [-0.39, 0.29) is 19.0 Å². The zero-order chi connectivity index (χ0) is 17.1. The maximum absolute atomic E-state index is 12.2. The van der Waals surface area contributed by atoms with E-state index in [0.29, 0.717) is 12.8 Å². The fraction of sp³-hybridized carbons (Fsp3) is 0.600. The van der Waals surface area contributed by atoms with Gasteiger partial charge in [0, 0.05) is 13.1 Å². The van der Waals surface area contributed by atoms with Crippen LogP contribution in [0.5, 0.6) is 0 Å². The summed E-state index contributed by atoms with van der Waals surface area (Å²) in [7, 11) is -3.90. The highest BCUT2D eigenvalue weighted by atomic mass is 32.2. The zero-order valence-electron chi connectivity index (χ0n) is 12.5. The van der Waals surface area contributed by atoms with Gasteiger partial charge in [-0.05, 0) is 24.3 Å². The van der Waals surface area contributed by atoms with Crippen molar-refractivity contribution in [1.29, 1.82) is 0 Å². The van der Waals surface area contributed by atoms with E-state index in [9.17, 15) is 26.7 Å². The van der Waals surface area contributed by atoms with E-state index < -0.39 is 34.5 Å². The Hall–Kier alpha value is -1.12. The molecule has 2 rings (SSSR count). The summed E-state index contributed by atoms with van der Waals surface area (Å²) in [5.74, 6) is -1.01. The highest BCUT2D eigenvalue weighted by molar-refractivity contribution is 7.89. The number of halogens is 3. The van der Waals surface area contributed by atoms with Gasteiger partial charge >= 0.3 is 6.18 Å². The number of aliphatic hydroxyl groups excluding tert-OH is 1. The van der Waals surface area contributed by atoms with Gasteiger partial charge in [0.05, 0.1) is 18.3 Å². The molecular weight excluding hydrogens is 331 g/mol. The summed E-state index contributed by atoms with van der Waals surface area (Å²) < 4.78 is 61.6. The van der Waals surface area contributed by atoms with Crippen LogP contribution >= 0.6 is 0 Å². The minimum absolute atomic E-state index is 0.0912. The molecule has 0 saturated carbocycles. The quantitative estimate of drug-likeness (QED) is 0.887. The third-order valence-corrected chi connectivity index (χ3v) is 6.00. The number of hydrogen-bond donors (Lipinski definition) is 1. The van der Waals surface area contributed by atoms with Crippen molar-refractivity contribution in [3.8, 4) is 0 Å². The normalized spacial score (nSPS) is 19.7. The summed E-state index contributed by atoms with van der Waals surface area (Å²) in [4.78, 5) is 0. The molecule has 130 valence electrons. The summed E-state index contributed by atoms with van der Waals surface area (Å²) >= 11 is 0. The summed E-state index contributed by atoms with van der Waals surface area (Å²) in [6.07, 6.45) is -5.63. The second kappa shape index (κ2) is 7.19. The van der Waals surface area contributed by atoms with Crippen molar-refractivity contribution in [2.75, 3.05) is 18.8 Å². The van der Waals surface area contributed by atoms with Crippen molar-refractivity contribution in [3.63, 3.8) is 0 Å². The Balaban J connectivity index is 1.90. The Bertz CT molecular complexity index is 596. The molecule has 0 amide bonds. The first-order valence-corrected chi connectivity index (χ1v) is 9.07. The van der Waals surface area contributed by atoms with Crippen LogP contribution in [0, 0.1) is 5.92 Å². The Morgan fingerprint density at radius 1 is 1.17 bits per heavy atom. The Morgan fingerprint density at radius 3 is 2.26 bits per heavy atom. The number of nitrogens with zero attached hydrogens (tertiary/aromatic N) is 1. The van der Waals surface area contributed by atoms with Gasteiger partial charge in [-0.25, -0.2) is 12.7 Å². The third kappa shape index (κ3) is 5.19. The van der Waals surface area contributed by atoms with Crippen LogP contribution in [-0.2, 0) is 10.0 Å². The van der Waals surface area contributed by atoms with Gasteiger partial charge < -0.3 is 5.11 Å². The number of piperidine rings is 1. The highest BCUT2D eigenvalue weighted by Crippen LogP contribution is 2.32. The summed E-state index contributed by atoms with van der Waals surface area (Å²) in [6.45, 7) is 0.295. The predicted molar refractivity (Wildman–Crippen MR) is 80.2 cm³/mol. The molecule has 8 heteroatoms. The Labute approximate surface area is 134 Å². The maximum Gasteiger partial charge on any atom is 0.390 e. The number of aliphatic hydroxyl groups is 1. The first kappa shape index (κ1) is 18.2. The Morgan fingerprint density at radius 2 is 1.74 bits per heavy atom. The smallest absolute Gasteiger partial charge is 0.388 e. The fourth-order valence-corrected chi connectivity index (χ4v) is 4.28. The molecule has 1 fully saturated rings. The van der Waals surface area contributed by atoms with Gasteiger partial charge in [0.15, 0.2) is 0 Å². The Kier molecular flexibility index (Phi) is 5.70.